The number of unbranched alkanes of at least 4 members (excludes halogenated alkanes) is 2. The lowest BCUT2D eigenvalue weighted by molar-refractivity contribution is -0.191. The lowest BCUT2D eigenvalue weighted by Crippen LogP contribution is -2.50. The van der Waals surface area contributed by atoms with Crippen molar-refractivity contribution in [2.24, 2.45) is 34.5 Å². The van der Waals surface area contributed by atoms with Crippen molar-refractivity contribution in [3.8, 4) is 0 Å². The molecular weight excluding hydrogens is 500 g/mol. The first-order valence-electron chi connectivity index (χ1n) is 16.2. The molecule has 0 amide bonds. The Hall–Kier alpha value is -1.43. The van der Waals surface area contributed by atoms with Crippen LogP contribution in [0.25, 0.3) is 0 Å². The lowest BCUT2D eigenvalue weighted by Gasteiger charge is -2.58. The first-order chi connectivity index (χ1) is 19.2. The van der Waals surface area contributed by atoms with Crippen molar-refractivity contribution in [1.82, 2.24) is 0 Å². The van der Waals surface area contributed by atoms with Crippen LogP contribution in [0.3, 0.4) is 0 Å². The van der Waals surface area contributed by atoms with Crippen LogP contribution in [-0.2, 0) is 23.7 Å². The van der Waals surface area contributed by atoms with E-state index in [1.165, 1.54) is 58.3 Å². The van der Waals surface area contributed by atoms with Crippen LogP contribution in [0, 0.1) is 34.5 Å². The summed E-state index contributed by atoms with van der Waals surface area (Å²) >= 11 is 0. The van der Waals surface area contributed by atoms with E-state index in [0.29, 0.717) is 17.4 Å². The second kappa shape index (κ2) is 12.8. The number of ether oxygens (including phenoxy) is 4. The van der Waals surface area contributed by atoms with Crippen LogP contribution in [0.2, 0.25) is 0 Å². The van der Waals surface area contributed by atoms with Gasteiger partial charge in [0.25, 0.3) is 0 Å². The molecule has 0 saturated heterocycles. The maximum Gasteiger partial charge on any atom is 0.302 e. The van der Waals surface area contributed by atoms with Gasteiger partial charge in [-0.15, -0.1) is 0 Å². The maximum atomic E-state index is 11.2. The summed E-state index contributed by atoms with van der Waals surface area (Å²) in [6.07, 6.45) is 23.5. The molecule has 0 aromatic heterocycles. The Labute approximate surface area is 243 Å². The van der Waals surface area contributed by atoms with Crippen LogP contribution >= 0.6 is 0 Å². The summed E-state index contributed by atoms with van der Waals surface area (Å²) in [4.78, 5) is 11.2. The zero-order valence-electron chi connectivity index (χ0n) is 25.8. The Morgan fingerprint density at radius 1 is 1.07 bits per heavy atom. The third-order valence-corrected chi connectivity index (χ3v) is 11.7. The van der Waals surface area contributed by atoms with E-state index in [0.717, 1.165) is 56.0 Å². The van der Waals surface area contributed by atoms with E-state index in [-0.39, 0.29) is 24.5 Å². The minimum atomic E-state index is -0.345. The number of esters is 1. The van der Waals surface area contributed by atoms with Crippen LogP contribution < -0.4 is 0 Å². The molecule has 3 unspecified atom stereocenters. The lowest BCUT2D eigenvalue weighted by atomic mass is 9.47. The molecule has 224 valence electrons. The Morgan fingerprint density at radius 2 is 1.93 bits per heavy atom. The largest absolute Gasteiger partial charge is 0.463 e. The zero-order valence-corrected chi connectivity index (χ0v) is 25.8. The fourth-order valence-electron chi connectivity index (χ4n) is 9.57. The molecule has 0 bridgehead atoms. The number of hydrogen-bond acceptors (Lipinski definition) is 5. The molecule has 5 rings (SSSR count). The number of carbonyl (C=O) groups excluding carboxylic acids is 1. The quantitative estimate of drug-likeness (QED) is 0.156. The highest BCUT2D eigenvalue weighted by Crippen LogP contribution is 2.67. The topological polar surface area (TPSA) is 54.0 Å². The molecule has 0 spiro atoms. The average Bonchev–Trinajstić information content (AvgIpc) is 3.29. The zero-order chi connectivity index (χ0) is 28.3. The third-order valence-electron chi connectivity index (χ3n) is 11.7. The summed E-state index contributed by atoms with van der Waals surface area (Å²) in [6, 6.07) is 0. The molecule has 5 heteroatoms. The van der Waals surface area contributed by atoms with Gasteiger partial charge in [0.05, 0.1) is 12.2 Å². The fourth-order valence-corrected chi connectivity index (χ4v) is 9.57. The minimum absolute atomic E-state index is 0.122. The highest BCUT2D eigenvalue weighted by Gasteiger charge is 2.58. The molecule has 1 heterocycles. The first kappa shape index (κ1) is 30.0. The molecular formula is C35H54O5. The number of fused-ring (bicyclic) bond motifs is 5. The van der Waals surface area contributed by atoms with E-state index in [2.05, 4.69) is 39.0 Å². The standard InChI is InChI=1S/C35H54O5/c1-24(10-7-6-8-21-37-5)30-15-16-31-29-14-13-26-22-27(17-19-34(26,3)32(29)18-20-35(30,31)4)39-33-12-9-11-28(40-33)23-38-25(2)36/h9-10,12-13,27-33H,6-8,11,14-23H2,1-5H3/b24-10+/t27-,28-,29-,30?,31?,32?,33-,34-,35+/m0/s1. The average molecular weight is 555 g/mol. The molecule has 1 aliphatic heterocycles. The molecule has 0 aromatic rings. The third kappa shape index (κ3) is 6.17. The summed E-state index contributed by atoms with van der Waals surface area (Å²) in [5.41, 5.74) is 4.08. The van der Waals surface area contributed by atoms with Gasteiger partial charge in [-0.2, -0.15) is 0 Å². The molecule has 0 radical (unpaired) electrons. The van der Waals surface area contributed by atoms with Crippen LogP contribution in [0.5, 0.6) is 0 Å². The predicted molar refractivity (Wildman–Crippen MR) is 159 cm³/mol. The van der Waals surface area contributed by atoms with Crippen molar-refractivity contribution < 1.29 is 23.7 Å². The van der Waals surface area contributed by atoms with E-state index < -0.39 is 0 Å². The van der Waals surface area contributed by atoms with Crippen molar-refractivity contribution in [2.75, 3.05) is 20.3 Å². The number of allylic oxidation sites excluding steroid dienone is 3. The fraction of sp³-hybridized carbons (Fsp3) is 0.800. The summed E-state index contributed by atoms with van der Waals surface area (Å²) in [6.45, 7) is 10.3. The first-order valence-corrected chi connectivity index (χ1v) is 16.2. The summed E-state index contributed by atoms with van der Waals surface area (Å²) < 4.78 is 23.0. The minimum Gasteiger partial charge on any atom is -0.463 e. The van der Waals surface area contributed by atoms with Gasteiger partial charge in [-0.3, -0.25) is 4.79 Å². The molecule has 3 saturated carbocycles. The summed E-state index contributed by atoms with van der Waals surface area (Å²) in [5, 5.41) is 0. The van der Waals surface area contributed by atoms with E-state index in [9.17, 15) is 4.79 Å². The van der Waals surface area contributed by atoms with Crippen molar-refractivity contribution in [1.29, 1.82) is 0 Å². The maximum absolute atomic E-state index is 11.2. The molecule has 5 aliphatic rings. The molecule has 0 aromatic carbocycles. The molecule has 5 nitrogen and oxygen atoms in total. The number of methoxy groups -OCH3 is 1. The molecule has 4 aliphatic carbocycles. The molecule has 9 atom stereocenters. The van der Waals surface area contributed by atoms with Crippen LogP contribution in [0.4, 0.5) is 0 Å². The van der Waals surface area contributed by atoms with Gasteiger partial charge in [0.1, 0.15) is 6.61 Å². The van der Waals surface area contributed by atoms with Crippen molar-refractivity contribution in [3.05, 3.63) is 35.5 Å². The Kier molecular flexibility index (Phi) is 9.64. The SMILES string of the molecule is COCCCC/C=C(\C)C1CCC2[C@@H]3CC=C4C[C@@H](O[C@@H]5C=CC[C@@H](COC(C)=O)O5)CC[C@]4(C)C3CC[C@]12C. The van der Waals surface area contributed by atoms with Gasteiger partial charge in [0.15, 0.2) is 6.29 Å². The Balaban J connectivity index is 1.20. The monoisotopic (exact) mass is 554 g/mol. The van der Waals surface area contributed by atoms with Gasteiger partial charge in [-0.1, -0.05) is 43.2 Å². The van der Waals surface area contributed by atoms with E-state index >= 15 is 0 Å². The number of rotatable bonds is 10. The smallest absolute Gasteiger partial charge is 0.302 e. The van der Waals surface area contributed by atoms with Gasteiger partial charge < -0.3 is 18.9 Å². The van der Waals surface area contributed by atoms with Gasteiger partial charge >= 0.3 is 5.97 Å². The van der Waals surface area contributed by atoms with Gasteiger partial charge in [0, 0.05) is 20.6 Å². The van der Waals surface area contributed by atoms with Gasteiger partial charge in [-0.25, -0.2) is 0 Å². The van der Waals surface area contributed by atoms with Crippen molar-refractivity contribution in [2.45, 2.75) is 123 Å². The molecule has 3 fully saturated rings. The van der Waals surface area contributed by atoms with E-state index in [1.54, 1.807) is 18.3 Å². The second-order valence-electron chi connectivity index (χ2n) is 14.0. The summed E-state index contributed by atoms with van der Waals surface area (Å²) in [7, 11) is 1.80. The summed E-state index contributed by atoms with van der Waals surface area (Å²) in [5.74, 6) is 2.99. The molecule has 40 heavy (non-hydrogen) atoms. The van der Waals surface area contributed by atoms with Crippen LogP contribution in [0.1, 0.15) is 105 Å². The predicted octanol–water partition coefficient (Wildman–Crippen LogP) is 7.95. The van der Waals surface area contributed by atoms with Gasteiger partial charge in [-0.05, 0) is 125 Å². The second-order valence-corrected chi connectivity index (χ2v) is 14.0. The van der Waals surface area contributed by atoms with Crippen molar-refractivity contribution >= 4 is 5.97 Å². The van der Waals surface area contributed by atoms with E-state index in [1.807, 2.05) is 6.08 Å². The molecule has 0 N–H and O–H groups in total. The number of hydrogen-bond donors (Lipinski definition) is 0. The van der Waals surface area contributed by atoms with Gasteiger partial charge in [0.2, 0.25) is 0 Å². The van der Waals surface area contributed by atoms with Crippen LogP contribution in [-0.4, -0.2) is 44.8 Å². The highest BCUT2D eigenvalue weighted by atomic mass is 16.7. The number of carbonyl (C=O) groups is 1. The normalized spacial score (nSPS) is 41.1. The Bertz CT molecular complexity index is 982. The van der Waals surface area contributed by atoms with Crippen molar-refractivity contribution in [3.63, 3.8) is 0 Å². The Morgan fingerprint density at radius 3 is 2.73 bits per heavy atom. The van der Waals surface area contributed by atoms with Crippen LogP contribution in [0.15, 0.2) is 35.5 Å². The highest BCUT2D eigenvalue weighted by molar-refractivity contribution is 5.65. The van der Waals surface area contributed by atoms with E-state index in [4.69, 9.17) is 18.9 Å².